The lowest BCUT2D eigenvalue weighted by atomic mass is 9.90. The zero-order valence-electron chi connectivity index (χ0n) is 10.2. The molecule has 1 aliphatic heterocycles. The highest BCUT2D eigenvalue weighted by molar-refractivity contribution is 6.06. The van der Waals surface area contributed by atoms with Gasteiger partial charge in [-0.05, 0) is 29.4 Å². The van der Waals surface area contributed by atoms with Crippen molar-refractivity contribution in [1.29, 1.82) is 0 Å². The molecule has 4 nitrogen and oxygen atoms in total. The fourth-order valence-electron chi connectivity index (χ4n) is 2.39. The number of anilines is 1. The third-order valence-corrected chi connectivity index (χ3v) is 3.28. The Bertz CT molecular complexity index is 668. The van der Waals surface area contributed by atoms with Crippen LogP contribution in [0.3, 0.4) is 0 Å². The smallest absolute Gasteiger partial charge is 0.323 e. The standard InChI is InChI=1S/C15H12N2O2/c16-15(19)17-8-7-10-5-6-11(18)9-13(10)12-3-1-2-4-14(12)17/h1-8H,9H2,(H2,16,19). The van der Waals surface area contributed by atoms with E-state index >= 15 is 0 Å². The summed E-state index contributed by atoms with van der Waals surface area (Å²) in [6, 6.07) is 6.91. The van der Waals surface area contributed by atoms with Crippen molar-refractivity contribution < 1.29 is 9.59 Å². The number of para-hydroxylation sites is 1. The average molecular weight is 252 g/mol. The van der Waals surface area contributed by atoms with Crippen LogP contribution in [0.25, 0.3) is 5.57 Å². The Kier molecular flexibility index (Phi) is 2.56. The molecule has 1 heterocycles. The van der Waals surface area contributed by atoms with Crippen LogP contribution in [0.4, 0.5) is 10.5 Å². The first-order chi connectivity index (χ1) is 9.16. The Morgan fingerprint density at radius 2 is 1.95 bits per heavy atom. The summed E-state index contributed by atoms with van der Waals surface area (Å²) in [5, 5.41) is 0. The number of carbonyl (C=O) groups is 2. The molecule has 2 aliphatic rings. The first kappa shape index (κ1) is 11.5. The highest BCUT2D eigenvalue weighted by atomic mass is 16.2. The quantitative estimate of drug-likeness (QED) is 0.770. The average Bonchev–Trinajstić information content (AvgIpc) is 2.56. The highest BCUT2D eigenvalue weighted by Crippen LogP contribution is 2.36. The predicted molar refractivity (Wildman–Crippen MR) is 73.3 cm³/mol. The van der Waals surface area contributed by atoms with Gasteiger partial charge >= 0.3 is 6.03 Å². The highest BCUT2D eigenvalue weighted by Gasteiger charge is 2.23. The third kappa shape index (κ3) is 1.87. The van der Waals surface area contributed by atoms with Crippen molar-refractivity contribution in [2.24, 2.45) is 5.73 Å². The topological polar surface area (TPSA) is 63.4 Å². The molecule has 1 aromatic rings. The Morgan fingerprint density at radius 1 is 1.16 bits per heavy atom. The number of urea groups is 1. The second-order valence-corrected chi connectivity index (χ2v) is 4.45. The molecular weight excluding hydrogens is 240 g/mol. The number of ketones is 1. The predicted octanol–water partition coefficient (Wildman–Crippen LogP) is 2.38. The molecule has 2 amide bonds. The van der Waals surface area contributed by atoms with Gasteiger partial charge < -0.3 is 5.73 Å². The van der Waals surface area contributed by atoms with Crippen molar-refractivity contribution in [2.75, 3.05) is 4.90 Å². The largest absolute Gasteiger partial charge is 0.351 e. The van der Waals surface area contributed by atoms with Gasteiger partial charge in [0.05, 0.1) is 5.69 Å². The maximum absolute atomic E-state index is 11.6. The molecule has 0 unspecified atom stereocenters. The molecule has 0 aromatic heterocycles. The van der Waals surface area contributed by atoms with E-state index in [4.69, 9.17) is 5.73 Å². The fourth-order valence-corrected chi connectivity index (χ4v) is 2.39. The van der Waals surface area contributed by atoms with E-state index in [-0.39, 0.29) is 5.78 Å². The van der Waals surface area contributed by atoms with Crippen LogP contribution in [0.15, 0.2) is 54.3 Å². The van der Waals surface area contributed by atoms with Crippen LogP contribution in [0.5, 0.6) is 0 Å². The van der Waals surface area contributed by atoms with E-state index in [2.05, 4.69) is 0 Å². The van der Waals surface area contributed by atoms with Gasteiger partial charge in [-0.1, -0.05) is 24.3 Å². The lowest BCUT2D eigenvalue weighted by Crippen LogP contribution is -2.31. The summed E-state index contributed by atoms with van der Waals surface area (Å²) < 4.78 is 0. The number of carbonyl (C=O) groups excluding carboxylic acids is 2. The molecule has 1 aliphatic carbocycles. The van der Waals surface area contributed by atoms with Gasteiger partial charge in [0.25, 0.3) is 0 Å². The first-order valence-electron chi connectivity index (χ1n) is 5.97. The van der Waals surface area contributed by atoms with E-state index in [1.54, 1.807) is 18.4 Å². The number of rotatable bonds is 0. The van der Waals surface area contributed by atoms with Gasteiger partial charge in [0.2, 0.25) is 0 Å². The van der Waals surface area contributed by atoms with E-state index in [0.29, 0.717) is 12.1 Å². The molecule has 3 rings (SSSR count). The zero-order valence-corrected chi connectivity index (χ0v) is 10.2. The van der Waals surface area contributed by atoms with Crippen LogP contribution < -0.4 is 10.6 Å². The number of nitrogens with two attached hydrogens (primary N) is 1. The molecule has 1 aromatic carbocycles. The normalized spacial score (nSPS) is 17.1. The van der Waals surface area contributed by atoms with E-state index < -0.39 is 6.03 Å². The maximum Gasteiger partial charge on any atom is 0.323 e. The summed E-state index contributed by atoms with van der Waals surface area (Å²) in [5.41, 5.74) is 8.86. The van der Waals surface area contributed by atoms with Gasteiger partial charge in [0.1, 0.15) is 0 Å². The van der Waals surface area contributed by atoms with Crippen LogP contribution in [0.1, 0.15) is 12.0 Å². The number of primary amides is 1. The Hall–Kier alpha value is -2.62. The van der Waals surface area contributed by atoms with Crippen molar-refractivity contribution in [3.8, 4) is 0 Å². The molecule has 0 radical (unpaired) electrons. The Balaban J connectivity index is 2.24. The third-order valence-electron chi connectivity index (χ3n) is 3.28. The van der Waals surface area contributed by atoms with Crippen LogP contribution >= 0.6 is 0 Å². The van der Waals surface area contributed by atoms with E-state index in [0.717, 1.165) is 16.7 Å². The monoisotopic (exact) mass is 252 g/mol. The van der Waals surface area contributed by atoms with Crippen molar-refractivity contribution in [3.05, 3.63) is 59.8 Å². The van der Waals surface area contributed by atoms with E-state index in [1.807, 2.05) is 30.3 Å². The fraction of sp³-hybridized carbons (Fsp3) is 0.0667. The van der Waals surface area contributed by atoms with Crippen molar-refractivity contribution in [2.45, 2.75) is 6.42 Å². The van der Waals surface area contributed by atoms with Crippen molar-refractivity contribution in [3.63, 3.8) is 0 Å². The zero-order chi connectivity index (χ0) is 13.4. The molecule has 0 bridgehead atoms. The minimum atomic E-state index is -0.543. The molecule has 94 valence electrons. The first-order valence-corrected chi connectivity index (χ1v) is 5.97. The Morgan fingerprint density at radius 3 is 2.74 bits per heavy atom. The molecule has 0 spiro atoms. The number of allylic oxidation sites excluding steroid dienone is 5. The SMILES string of the molecule is NC(=O)N1C=CC2=C(CC(=O)C=C2)c2ccccc21. The second-order valence-electron chi connectivity index (χ2n) is 4.45. The van der Waals surface area contributed by atoms with Gasteiger partial charge in [-0.15, -0.1) is 0 Å². The number of amides is 2. The number of hydrogen-bond acceptors (Lipinski definition) is 2. The number of nitrogens with zero attached hydrogens (tertiary/aromatic N) is 1. The van der Waals surface area contributed by atoms with Crippen LogP contribution in [0.2, 0.25) is 0 Å². The molecule has 4 heteroatoms. The van der Waals surface area contributed by atoms with E-state index in [1.165, 1.54) is 4.90 Å². The summed E-state index contributed by atoms with van der Waals surface area (Å²) in [7, 11) is 0. The van der Waals surface area contributed by atoms with Crippen LogP contribution in [-0.2, 0) is 4.79 Å². The van der Waals surface area contributed by atoms with Gasteiger partial charge in [-0.2, -0.15) is 0 Å². The maximum atomic E-state index is 11.6. The van der Waals surface area contributed by atoms with Gasteiger partial charge in [-0.25, -0.2) is 4.79 Å². The van der Waals surface area contributed by atoms with Crippen LogP contribution in [0, 0.1) is 0 Å². The molecule has 0 atom stereocenters. The number of fused-ring (bicyclic) bond motifs is 2. The number of hydrogen-bond donors (Lipinski definition) is 1. The summed E-state index contributed by atoms with van der Waals surface area (Å²) in [6.45, 7) is 0. The summed E-state index contributed by atoms with van der Waals surface area (Å²) >= 11 is 0. The lowest BCUT2D eigenvalue weighted by Gasteiger charge is -2.19. The molecule has 19 heavy (non-hydrogen) atoms. The minimum absolute atomic E-state index is 0.0643. The van der Waals surface area contributed by atoms with Crippen molar-refractivity contribution in [1.82, 2.24) is 0 Å². The summed E-state index contributed by atoms with van der Waals surface area (Å²) in [6.07, 6.45) is 7.14. The Labute approximate surface area is 110 Å². The molecular formula is C15H12N2O2. The molecule has 0 saturated heterocycles. The van der Waals surface area contributed by atoms with Gasteiger partial charge in [-0.3, -0.25) is 9.69 Å². The lowest BCUT2D eigenvalue weighted by molar-refractivity contribution is -0.113. The molecule has 0 fully saturated rings. The summed E-state index contributed by atoms with van der Waals surface area (Å²) in [5.74, 6) is 0.0643. The van der Waals surface area contributed by atoms with E-state index in [9.17, 15) is 9.59 Å². The molecule has 2 N–H and O–H groups in total. The number of benzene rings is 1. The second kappa shape index (κ2) is 4.24. The van der Waals surface area contributed by atoms with Crippen LogP contribution in [-0.4, -0.2) is 11.8 Å². The summed E-state index contributed by atoms with van der Waals surface area (Å²) in [4.78, 5) is 24.5. The minimum Gasteiger partial charge on any atom is -0.351 e. The van der Waals surface area contributed by atoms with Gasteiger partial charge in [0.15, 0.2) is 5.78 Å². The van der Waals surface area contributed by atoms with Crippen molar-refractivity contribution >= 4 is 23.1 Å². The van der Waals surface area contributed by atoms with Gasteiger partial charge in [0, 0.05) is 18.2 Å². The molecule has 0 saturated carbocycles.